The van der Waals surface area contributed by atoms with Gasteiger partial charge in [0.1, 0.15) is 11.0 Å². The van der Waals surface area contributed by atoms with E-state index in [2.05, 4.69) is 10.1 Å². The predicted octanol–water partition coefficient (Wildman–Crippen LogP) is 3.21. The van der Waals surface area contributed by atoms with Crippen molar-refractivity contribution in [3.8, 4) is 5.69 Å². The van der Waals surface area contributed by atoms with E-state index >= 15 is 0 Å². The summed E-state index contributed by atoms with van der Waals surface area (Å²) >= 11 is 0. The number of pyridine rings is 1. The zero-order valence-electron chi connectivity index (χ0n) is 14.7. The maximum absolute atomic E-state index is 13.1. The molecule has 4 aromatic rings. The quantitative estimate of drug-likeness (QED) is 0.598. The molecule has 26 heavy (non-hydrogen) atoms. The van der Waals surface area contributed by atoms with Gasteiger partial charge in [0.05, 0.1) is 5.69 Å². The summed E-state index contributed by atoms with van der Waals surface area (Å²) in [6, 6.07) is 17.2. The van der Waals surface area contributed by atoms with Crippen LogP contribution in [0, 0.1) is 13.8 Å². The van der Waals surface area contributed by atoms with Gasteiger partial charge in [-0.25, -0.2) is 4.68 Å². The maximum atomic E-state index is 13.1. The third-order valence-electron chi connectivity index (χ3n) is 4.80. The summed E-state index contributed by atoms with van der Waals surface area (Å²) in [5, 5.41) is 3.18. The van der Waals surface area contributed by atoms with E-state index in [9.17, 15) is 9.59 Å². The van der Waals surface area contributed by atoms with E-state index in [-0.39, 0.29) is 16.4 Å². The van der Waals surface area contributed by atoms with Crippen molar-refractivity contribution in [2.75, 3.05) is 0 Å². The van der Waals surface area contributed by atoms with Crippen LogP contribution in [-0.4, -0.2) is 14.8 Å². The molecule has 0 bridgehead atoms. The van der Waals surface area contributed by atoms with Crippen LogP contribution in [0.4, 0.5) is 0 Å². The molecule has 130 valence electrons. The van der Waals surface area contributed by atoms with Crippen molar-refractivity contribution in [3.05, 3.63) is 97.6 Å². The number of rotatable bonds is 3. The first-order valence-electron chi connectivity index (χ1n) is 8.52. The number of benzene rings is 2. The number of hydrogen-bond acceptors (Lipinski definition) is 2. The van der Waals surface area contributed by atoms with Gasteiger partial charge >= 0.3 is 0 Å². The monoisotopic (exact) mass is 345 g/mol. The lowest BCUT2D eigenvalue weighted by molar-refractivity contribution is 0.857. The number of hydrogen-bond donors (Lipinski definition) is 2. The Hall–Kier alpha value is -3.34. The fourth-order valence-electron chi connectivity index (χ4n) is 3.29. The van der Waals surface area contributed by atoms with Gasteiger partial charge in [-0.05, 0) is 37.1 Å². The Morgan fingerprint density at radius 1 is 0.923 bits per heavy atom. The highest BCUT2D eigenvalue weighted by molar-refractivity contribution is 5.75. The topological polar surface area (TPSA) is 70.7 Å². The van der Waals surface area contributed by atoms with E-state index in [1.807, 2.05) is 68.4 Å². The molecule has 0 radical (unpaired) electrons. The number of aromatic amines is 2. The molecule has 0 atom stereocenters. The van der Waals surface area contributed by atoms with E-state index in [4.69, 9.17) is 0 Å². The van der Waals surface area contributed by atoms with Crippen LogP contribution in [0.2, 0.25) is 0 Å². The normalized spacial score (nSPS) is 11.2. The van der Waals surface area contributed by atoms with Crippen molar-refractivity contribution in [3.63, 3.8) is 0 Å². The molecule has 0 aliphatic rings. The fourth-order valence-corrected chi connectivity index (χ4v) is 3.29. The summed E-state index contributed by atoms with van der Waals surface area (Å²) in [5.41, 5.74) is 4.21. The van der Waals surface area contributed by atoms with Crippen molar-refractivity contribution in [2.24, 2.45) is 0 Å². The average molecular weight is 345 g/mol. The second-order valence-corrected chi connectivity index (χ2v) is 6.50. The Labute approximate surface area is 149 Å². The van der Waals surface area contributed by atoms with Gasteiger partial charge in [-0.15, -0.1) is 0 Å². The van der Waals surface area contributed by atoms with Gasteiger partial charge in [-0.2, -0.15) is 0 Å². The minimum Gasteiger partial charge on any atom is -0.343 e. The Balaban J connectivity index is 1.92. The first-order valence-corrected chi connectivity index (χ1v) is 8.52. The van der Waals surface area contributed by atoms with Crippen LogP contribution >= 0.6 is 0 Å². The van der Waals surface area contributed by atoms with Gasteiger partial charge < -0.3 is 4.98 Å². The molecule has 5 nitrogen and oxygen atoms in total. The van der Waals surface area contributed by atoms with E-state index in [1.54, 1.807) is 0 Å². The van der Waals surface area contributed by atoms with Crippen LogP contribution in [0.15, 0.2) is 64.2 Å². The van der Waals surface area contributed by atoms with Crippen molar-refractivity contribution in [1.29, 1.82) is 0 Å². The number of nitrogens with one attached hydrogen (secondary N) is 2. The van der Waals surface area contributed by atoms with Gasteiger partial charge in [-0.1, -0.05) is 42.5 Å². The van der Waals surface area contributed by atoms with Crippen LogP contribution in [0.1, 0.15) is 22.4 Å². The number of H-pyrrole nitrogens is 2. The second kappa shape index (κ2) is 6.19. The molecule has 0 aliphatic carbocycles. The van der Waals surface area contributed by atoms with E-state index in [0.717, 1.165) is 16.8 Å². The van der Waals surface area contributed by atoms with Crippen molar-refractivity contribution < 1.29 is 0 Å². The molecule has 0 saturated heterocycles. The fraction of sp³-hybridized carbons (Fsp3) is 0.143. The summed E-state index contributed by atoms with van der Waals surface area (Å²) in [6.07, 6.45) is 0.500. The number of fused-ring (bicyclic) bond motifs is 1. The molecule has 2 aromatic carbocycles. The molecule has 2 heterocycles. The van der Waals surface area contributed by atoms with E-state index in [0.29, 0.717) is 23.3 Å². The number of para-hydroxylation sites is 1. The van der Waals surface area contributed by atoms with Crippen molar-refractivity contribution in [1.82, 2.24) is 14.8 Å². The zero-order valence-corrected chi connectivity index (χ0v) is 14.7. The first-order chi connectivity index (χ1) is 12.6. The highest BCUT2D eigenvalue weighted by Crippen LogP contribution is 2.15. The Morgan fingerprint density at radius 3 is 2.35 bits per heavy atom. The summed E-state index contributed by atoms with van der Waals surface area (Å²) < 4.78 is 1.40. The largest absolute Gasteiger partial charge is 0.343 e. The van der Waals surface area contributed by atoms with Gasteiger partial charge in [0.2, 0.25) is 0 Å². The van der Waals surface area contributed by atoms with Crippen LogP contribution in [0.25, 0.3) is 16.7 Å². The maximum Gasteiger partial charge on any atom is 0.284 e. The van der Waals surface area contributed by atoms with Gasteiger partial charge in [0, 0.05) is 17.7 Å². The van der Waals surface area contributed by atoms with E-state index < -0.39 is 0 Å². The predicted molar refractivity (Wildman–Crippen MR) is 103 cm³/mol. The molecule has 2 aromatic heterocycles. The highest BCUT2D eigenvalue weighted by atomic mass is 16.1. The van der Waals surface area contributed by atoms with Crippen LogP contribution < -0.4 is 11.0 Å². The third kappa shape index (κ3) is 2.58. The minimum atomic E-state index is -0.335. The van der Waals surface area contributed by atoms with Gasteiger partial charge in [0.25, 0.3) is 5.56 Å². The van der Waals surface area contributed by atoms with Crippen molar-refractivity contribution >= 4 is 11.0 Å². The highest BCUT2D eigenvalue weighted by Gasteiger charge is 2.17. The Bertz CT molecular complexity index is 1210. The molecule has 5 heteroatoms. The molecular weight excluding hydrogens is 326 g/mol. The summed E-state index contributed by atoms with van der Waals surface area (Å²) in [6.45, 7) is 3.89. The zero-order chi connectivity index (χ0) is 18.3. The standard InChI is InChI=1S/C21H19N3O2/c1-13-8-6-7-9-15(13)12-17-14(2)22-20-18(19(17)25)21(26)24(23-20)16-10-4-3-5-11-16/h3-11H,12H2,1-2H3,(H2,22,23,25). The average Bonchev–Trinajstić information content (AvgIpc) is 2.97. The molecule has 0 amide bonds. The molecule has 0 spiro atoms. The van der Waals surface area contributed by atoms with E-state index in [1.165, 1.54) is 4.68 Å². The Morgan fingerprint density at radius 2 is 1.62 bits per heavy atom. The summed E-state index contributed by atoms with van der Waals surface area (Å²) in [7, 11) is 0. The minimum absolute atomic E-state index is 0.169. The lowest BCUT2D eigenvalue weighted by atomic mass is 9.99. The number of aromatic nitrogens is 3. The Kier molecular flexibility index (Phi) is 3.84. The SMILES string of the molecule is Cc1ccccc1Cc1c(C)[nH]c2[nH]n(-c3ccccc3)c(=O)c2c1=O. The number of aryl methyl sites for hydroxylation is 2. The second-order valence-electron chi connectivity index (χ2n) is 6.50. The molecule has 2 N–H and O–H groups in total. The molecule has 0 unspecified atom stereocenters. The summed E-state index contributed by atoms with van der Waals surface area (Å²) in [4.78, 5) is 29.1. The van der Waals surface area contributed by atoms with Gasteiger partial charge in [0.15, 0.2) is 5.43 Å². The molecule has 4 rings (SSSR count). The smallest absolute Gasteiger partial charge is 0.284 e. The van der Waals surface area contributed by atoms with Crippen LogP contribution in [-0.2, 0) is 6.42 Å². The van der Waals surface area contributed by atoms with Crippen molar-refractivity contribution in [2.45, 2.75) is 20.3 Å². The first kappa shape index (κ1) is 16.1. The molecular formula is C21H19N3O2. The number of nitrogens with zero attached hydrogens (tertiary/aromatic N) is 1. The lowest BCUT2D eigenvalue weighted by Crippen LogP contribution is -2.21. The summed E-state index contributed by atoms with van der Waals surface area (Å²) in [5.74, 6) is 0. The van der Waals surface area contributed by atoms with Crippen LogP contribution in [0.5, 0.6) is 0 Å². The van der Waals surface area contributed by atoms with Crippen LogP contribution in [0.3, 0.4) is 0 Å². The molecule has 0 fully saturated rings. The molecule has 0 aliphatic heterocycles. The lowest BCUT2D eigenvalue weighted by Gasteiger charge is -2.08. The van der Waals surface area contributed by atoms with Gasteiger partial charge in [-0.3, -0.25) is 14.7 Å². The third-order valence-corrected chi connectivity index (χ3v) is 4.80. The molecule has 0 saturated carbocycles.